The van der Waals surface area contributed by atoms with Gasteiger partial charge in [-0.05, 0) is 23.6 Å². The van der Waals surface area contributed by atoms with Crippen LogP contribution in [0.1, 0.15) is 27.9 Å². The van der Waals surface area contributed by atoms with Crippen LogP contribution in [0.5, 0.6) is 5.88 Å². The van der Waals surface area contributed by atoms with E-state index in [4.69, 9.17) is 21.1 Å². The van der Waals surface area contributed by atoms with Crippen molar-refractivity contribution in [2.75, 3.05) is 19.8 Å². The fourth-order valence-corrected chi connectivity index (χ4v) is 3.75. The minimum Gasteiger partial charge on any atom is -0.471 e. The average molecular weight is 437 g/mol. The second kappa shape index (κ2) is 10.4. The molecule has 0 aliphatic carbocycles. The Morgan fingerprint density at radius 3 is 2.45 bits per heavy atom. The summed E-state index contributed by atoms with van der Waals surface area (Å²) >= 11 is 6.39. The molecule has 1 fully saturated rings. The van der Waals surface area contributed by atoms with Crippen LogP contribution in [-0.4, -0.2) is 41.7 Å². The van der Waals surface area contributed by atoms with E-state index in [9.17, 15) is 4.79 Å². The summed E-state index contributed by atoms with van der Waals surface area (Å²) in [6.07, 6.45) is 3.07. The third-order valence-electron chi connectivity index (χ3n) is 5.24. The second-order valence-electron chi connectivity index (χ2n) is 7.56. The minimum atomic E-state index is -0.107. The molecule has 0 radical (unpaired) electrons. The summed E-state index contributed by atoms with van der Waals surface area (Å²) in [5, 5.41) is 0.334. The zero-order valence-electron chi connectivity index (χ0n) is 17.2. The summed E-state index contributed by atoms with van der Waals surface area (Å²) in [6, 6.07) is 21.8. The highest BCUT2D eigenvalue weighted by Crippen LogP contribution is 2.26. The van der Waals surface area contributed by atoms with E-state index in [0.29, 0.717) is 42.8 Å². The maximum Gasteiger partial charge on any atom is 0.255 e. The number of pyridine rings is 1. The van der Waals surface area contributed by atoms with E-state index in [2.05, 4.69) is 17.1 Å². The lowest BCUT2D eigenvalue weighted by Gasteiger charge is -2.23. The highest BCUT2D eigenvalue weighted by atomic mass is 35.5. The molecule has 3 aromatic rings. The number of hydrogen-bond acceptors (Lipinski definition) is 4. The van der Waals surface area contributed by atoms with Crippen molar-refractivity contribution in [3.8, 4) is 5.88 Å². The largest absolute Gasteiger partial charge is 0.471 e. The molecule has 6 heteroatoms. The number of amides is 1. The number of carbonyl (C=O) groups excluding carboxylic acids is 1. The molecule has 2 aromatic carbocycles. The quantitative estimate of drug-likeness (QED) is 0.509. The molecule has 2 heterocycles. The van der Waals surface area contributed by atoms with Gasteiger partial charge in [-0.15, -0.1) is 0 Å². The monoisotopic (exact) mass is 436 g/mol. The number of rotatable bonds is 8. The first kappa shape index (κ1) is 21.3. The molecule has 1 aromatic heterocycles. The van der Waals surface area contributed by atoms with Gasteiger partial charge >= 0.3 is 0 Å². The number of hydrogen-bond donors (Lipinski definition) is 0. The van der Waals surface area contributed by atoms with Gasteiger partial charge in [-0.1, -0.05) is 72.3 Å². The molecule has 1 atom stereocenters. The van der Waals surface area contributed by atoms with Crippen LogP contribution in [0.15, 0.2) is 72.9 Å². The lowest BCUT2D eigenvalue weighted by molar-refractivity contribution is 0.0744. The molecule has 1 amide bonds. The van der Waals surface area contributed by atoms with Gasteiger partial charge in [0.25, 0.3) is 5.91 Å². The molecule has 1 aliphatic rings. The summed E-state index contributed by atoms with van der Waals surface area (Å²) in [5.74, 6) is 0.234. The smallest absolute Gasteiger partial charge is 0.255 e. The zero-order chi connectivity index (χ0) is 21.5. The molecule has 31 heavy (non-hydrogen) atoms. The SMILES string of the molecule is O=C(c1cnc(OC2CCOC2)c(Cl)c1)N(CCc1ccccc1)Cc1ccccc1. The van der Waals surface area contributed by atoms with Gasteiger partial charge in [-0.3, -0.25) is 4.79 Å². The lowest BCUT2D eigenvalue weighted by Crippen LogP contribution is -2.32. The van der Waals surface area contributed by atoms with E-state index in [1.54, 1.807) is 12.3 Å². The summed E-state index contributed by atoms with van der Waals surface area (Å²) in [4.78, 5) is 19.5. The predicted octanol–water partition coefficient (Wildman–Crippen LogP) is 4.79. The Morgan fingerprint density at radius 2 is 1.81 bits per heavy atom. The maximum atomic E-state index is 13.3. The van der Waals surface area contributed by atoms with Crippen molar-refractivity contribution >= 4 is 17.5 Å². The Hall–Kier alpha value is -2.89. The Kier molecular flexibility index (Phi) is 7.18. The first-order valence-corrected chi connectivity index (χ1v) is 10.8. The van der Waals surface area contributed by atoms with Crippen molar-refractivity contribution in [1.29, 1.82) is 0 Å². The Balaban J connectivity index is 1.50. The molecule has 1 saturated heterocycles. The van der Waals surface area contributed by atoms with Crippen molar-refractivity contribution in [3.05, 3.63) is 94.6 Å². The van der Waals surface area contributed by atoms with Crippen LogP contribution in [0.2, 0.25) is 5.02 Å². The van der Waals surface area contributed by atoms with Crippen LogP contribution in [0.4, 0.5) is 0 Å². The van der Waals surface area contributed by atoms with Crippen molar-refractivity contribution in [2.45, 2.75) is 25.5 Å². The molecule has 0 saturated carbocycles. The maximum absolute atomic E-state index is 13.3. The van der Waals surface area contributed by atoms with E-state index < -0.39 is 0 Å². The summed E-state index contributed by atoms with van der Waals surface area (Å²) in [6.45, 7) is 2.31. The molecular weight excluding hydrogens is 412 g/mol. The molecule has 5 nitrogen and oxygen atoms in total. The van der Waals surface area contributed by atoms with E-state index in [-0.39, 0.29) is 12.0 Å². The van der Waals surface area contributed by atoms with Crippen molar-refractivity contribution in [1.82, 2.24) is 9.88 Å². The third-order valence-corrected chi connectivity index (χ3v) is 5.51. The molecule has 1 aliphatic heterocycles. The van der Waals surface area contributed by atoms with E-state index >= 15 is 0 Å². The number of benzene rings is 2. The van der Waals surface area contributed by atoms with Crippen molar-refractivity contribution in [3.63, 3.8) is 0 Å². The number of carbonyl (C=O) groups is 1. The topological polar surface area (TPSA) is 51.7 Å². The Bertz CT molecular complexity index is 992. The fraction of sp³-hybridized carbons (Fsp3) is 0.280. The van der Waals surface area contributed by atoms with Crippen LogP contribution in [0, 0.1) is 0 Å². The van der Waals surface area contributed by atoms with Gasteiger partial charge in [-0.25, -0.2) is 4.98 Å². The van der Waals surface area contributed by atoms with Gasteiger partial charge < -0.3 is 14.4 Å². The third kappa shape index (κ3) is 5.84. The normalized spacial score (nSPS) is 15.6. The van der Waals surface area contributed by atoms with Gasteiger partial charge in [0.2, 0.25) is 5.88 Å². The molecule has 160 valence electrons. The number of aromatic nitrogens is 1. The predicted molar refractivity (Wildman–Crippen MR) is 120 cm³/mol. The summed E-state index contributed by atoms with van der Waals surface area (Å²) < 4.78 is 11.1. The minimum absolute atomic E-state index is 0.0491. The van der Waals surface area contributed by atoms with Crippen LogP contribution in [0.3, 0.4) is 0 Å². The number of nitrogens with zero attached hydrogens (tertiary/aromatic N) is 2. The summed E-state index contributed by atoms with van der Waals surface area (Å²) in [7, 11) is 0. The molecule has 4 rings (SSSR count). The van der Waals surface area contributed by atoms with Gasteiger partial charge in [0, 0.05) is 25.7 Å². The van der Waals surface area contributed by atoms with Crippen LogP contribution < -0.4 is 4.74 Å². The van der Waals surface area contributed by atoms with E-state index in [1.807, 2.05) is 53.4 Å². The molecule has 0 bridgehead atoms. The van der Waals surface area contributed by atoms with Crippen molar-refractivity contribution in [2.24, 2.45) is 0 Å². The fourth-order valence-electron chi connectivity index (χ4n) is 3.54. The Morgan fingerprint density at radius 1 is 1.10 bits per heavy atom. The van der Waals surface area contributed by atoms with Gasteiger partial charge in [0.1, 0.15) is 11.1 Å². The van der Waals surface area contributed by atoms with Crippen LogP contribution in [0.25, 0.3) is 0 Å². The molecule has 0 N–H and O–H groups in total. The second-order valence-corrected chi connectivity index (χ2v) is 7.97. The van der Waals surface area contributed by atoms with Crippen molar-refractivity contribution < 1.29 is 14.3 Å². The van der Waals surface area contributed by atoms with Gasteiger partial charge in [0.05, 0.1) is 18.8 Å². The number of halogens is 1. The molecular formula is C25H25ClN2O3. The molecule has 1 unspecified atom stereocenters. The van der Waals surface area contributed by atoms with Gasteiger partial charge in [0.15, 0.2) is 0 Å². The lowest BCUT2D eigenvalue weighted by atomic mass is 10.1. The van der Waals surface area contributed by atoms with Gasteiger partial charge in [-0.2, -0.15) is 0 Å². The summed E-state index contributed by atoms with van der Waals surface area (Å²) in [5.41, 5.74) is 2.71. The van der Waals surface area contributed by atoms with Crippen LogP contribution >= 0.6 is 11.6 Å². The zero-order valence-corrected chi connectivity index (χ0v) is 18.0. The first-order valence-electron chi connectivity index (χ1n) is 10.5. The standard InChI is InChI=1S/C25H25ClN2O3/c26-23-15-21(16-27-24(23)31-22-12-14-30-18-22)25(29)28(17-20-9-5-2-6-10-20)13-11-19-7-3-1-4-8-19/h1-10,15-16,22H,11-14,17-18H2. The molecule has 0 spiro atoms. The Labute approximate surface area is 187 Å². The van der Waals surface area contributed by atoms with Crippen LogP contribution in [-0.2, 0) is 17.7 Å². The highest BCUT2D eigenvalue weighted by molar-refractivity contribution is 6.32. The first-order chi connectivity index (χ1) is 15.2. The highest BCUT2D eigenvalue weighted by Gasteiger charge is 2.22. The van der Waals surface area contributed by atoms with E-state index in [0.717, 1.165) is 18.4 Å². The van der Waals surface area contributed by atoms with E-state index in [1.165, 1.54) is 5.56 Å². The number of ether oxygens (including phenoxy) is 2. The average Bonchev–Trinajstić information content (AvgIpc) is 3.32.